The van der Waals surface area contributed by atoms with Crippen molar-refractivity contribution in [1.29, 1.82) is 0 Å². The number of likely N-dealkylation sites (tertiary alicyclic amines) is 1. The average molecular weight is 532 g/mol. The van der Waals surface area contributed by atoms with E-state index < -0.39 is 14.4 Å². The lowest BCUT2D eigenvalue weighted by molar-refractivity contribution is 0.0431. The Hall–Kier alpha value is -2.93. The Morgan fingerprint density at radius 1 is 0.947 bits per heavy atom. The van der Waals surface area contributed by atoms with E-state index in [1.807, 2.05) is 60.7 Å². The molecule has 1 amide bonds. The number of nitrogens with zero attached hydrogens (tertiary/aromatic N) is 1. The van der Waals surface area contributed by atoms with E-state index in [-0.39, 0.29) is 29.7 Å². The molecule has 1 unspecified atom stereocenters. The van der Waals surface area contributed by atoms with E-state index >= 15 is 0 Å². The van der Waals surface area contributed by atoms with E-state index in [9.17, 15) is 9.90 Å². The van der Waals surface area contributed by atoms with Gasteiger partial charge in [0.2, 0.25) is 0 Å². The fraction of sp³-hybridized carbons (Fsp3) is 0.406. The van der Waals surface area contributed by atoms with Crippen LogP contribution in [0.4, 0.5) is 4.79 Å². The first-order valence-electron chi connectivity index (χ1n) is 13.5. The summed E-state index contributed by atoms with van der Waals surface area (Å²) >= 11 is 0. The molecule has 202 valence electrons. The summed E-state index contributed by atoms with van der Waals surface area (Å²) in [5, 5.41) is 11.6. The second-order valence-corrected chi connectivity index (χ2v) is 16.6. The van der Waals surface area contributed by atoms with Crippen molar-refractivity contribution < 1.29 is 19.1 Å². The minimum absolute atomic E-state index is 0.0473. The maximum atomic E-state index is 13.2. The van der Waals surface area contributed by atoms with Crippen molar-refractivity contribution in [3.8, 4) is 11.1 Å². The third kappa shape index (κ3) is 6.55. The maximum absolute atomic E-state index is 13.2. The molecule has 6 heteroatoms. The van der Waals surface area contributed by atoms with Crippen LogP contribution < -0.4 is 0 Å². The second kappa shape index (κ2) is 11.8. The highest BCUT2D eigenvalue weighted by Gasteiger charge is 2.44. The number of aliphatic hydroxyl groups is 1. The number of carbonyl (C=O) groups is 1. The van der Waals surface area contributed by atoms with Gasteiger partial charge in [0.25, 0.3) is 0 Å². The molecule has 1 saturated heterocycles. The molecule has 5 nitrogen and oxygen atoms in total. The number of rotatable bonds is 8. The molecule has 3 aromatic carbocycles. The van der Waals surface area contributed by atoms with Crippen molar-refractivity contribution >= 4 is 14.4 Å². The van der Waals surface area contributed by atoms with Crippen LogP contribution in [0.1, 0.15) is 44.4 Å². The smallest absolute Gasteiger partial charge is 0.410 e. The molecule has 0 aromatic heterocycles. The predicted octanol–water partition coefficient (Wildman–Crippen LogP) is 7.44. The largest absolute Gasteiger partial charge is 0.445 e. The summed E-state index contributed by atoms with van der Waals surface area (Å²) in [6.07, 6.45) is -0.375. The first-order valence-corrected chi connectivity index (χ1v) is 16.4. The number of hydrogen-bond donors (Lipinski definition) is 1. The van der Waals surface area contributed by atoms with Crippen molar-refractivity contribution in [1.82, 2.24) is 4.90 Å². The highest BCUT2D eigenvalue weighted by atomic mass is 28.4. The number of benzene rings is 3. The monoisotopic (exact) mass is 531 g/mol. The van der Waals surface area contributed by atoms with Crippen LogP contribution in [0, 0.1) is 5.92 Å². The lowest BCUT2D eigenvalue weighted by Gasteiger charge is -2.39. The summed E-state index contributed by atoms with van der Waals surface area (Å²) in [5.41, 5.74) is 4.05. The van der Waals surface area contributed by atoms with Crippen LogP contribution in [-0.2, 0) is 15.8 Å². The maximum Gasteiger partial charge on any atom is 0.410 e. The van der Waals surface area contributed by atoms with E-state index in [1.165, 1.54) is 0 Å². The molecular formula is C32H41NO4Si. The topological polar surface area (TPSA) is 59.0 Å². The van der Waals surface area contributed by atoms with Gasteiger partial charge < -0.3 is 19.2 Å². The van der Waals surface area contributed by atoms with Crippen LogP contribution in [0.25, 0.3) is 11.1 Å². The quantitative estimate of drug-likeness (QED) is 0.307. The number of aliphatic hydroxyl groups excluding tert-OH is 1. The van der Waals surface area contributed by atoms with E-state index in [2.05, 4.69) is 58.1 Å². The lowest BCUT2D eigenvalue weighted by atomic mass is 9.89. The molecule has 4 rings (SSSR count). The average Bonchev–Trinajstić information content (AvgIpc) is 3.35. The highest BCUT2D eigenvalue weighted by molar-refractivity contribution is 6.74. The fourth-order valence-electron chi connectivity index (χ4n) is 4.75. The van der Waals surface area contributed by atoms with Crippen molar-refractivity contribution in [2.45, 2.75) is 64.1 Å². The Kier molecular flexibility index (Phi) is 8.76. The summed E-state index contributed by atoms with van der Waals surface area (Å²) in [7, 11) is -2.06. The molecule has 1 fully saturated rings. The Morgan fingerprint density at radius 3 is 2.13 bits per heavy atom. The van der Waals surface area contributed by atoms with Crippen molar-refractivity contribution in [2.75, 3.05) is 13.2 Å². The second-order valence-electron chi connectivity index (χ2n) is 11.8. The molecule has 1 aliphatic heterocycles. The van der Waals surface area contributed by atoms with Crippen LogP contribution in [0.3, 0.4) is 0 Å². The van der Waals surface area contributed by atoms with Gasteiger partial charge in [-0.2, -0.15) is 0 Å². The number of hydrogen-bond acceptors (Lipinski definition) is 4. The van der Waals surface area contributed by atoms with Gasteiger partial charge in [-0.3, -0.25) is 0 Å². The zero-order valence-electron chi connectivity index (χ0n) is 23.3. The van der Waals surface area contributed by atoms with Crippen LogP contribution in [0.2, 0.25) is 18.1 Å². The van der Waals surface area contributed by atoms with Crippen LogP contribution in [-0.4, -0.2) is 43.6 Å². The molecule has 0 radical (unpaired) electrons. The number of ether oxygens (including phenoxy) is 1. The van der Waals surface area contributed by atoms with E-state index in [0.29, 0.717) is 19.6 Å². The summed E-state index contributed by atoms with van der Waals surface area (Å²) in [4.78, 5) is 15.0. The lowest BCUT2D eigenvalue weighted by Crippen LogP contribution is -2.48. The zero-order valence-corrected chi connectivity index (χ0v) is 24.3. The Labute approximate surface area is 228 Å². The van der Waals surface area contributed by atoms with E-state index in [1.54, 1.807) is 4.90 Å². The summed E-state index contributed by atoms with van der Waals surface area (Å²) in [5.74, 6) is -0.147. The van der Waals surface area contributed by atoms with Gasteiger partial charge in [-0.1, -0.05) is 106 Å². The number of carbonyl (C=O) groups excluding carboxylic acids is 1. The standard InChI is InChI=1S/C32H41NO4Si/c1-32(2,3)38(4,5)37-23-29-28(20-21-33(29)31(35)36-22-24-12-8-6-9-13-24)30(34)27-18-16-26(17-19-27)25-14-10-7-11-15-25/h6-19,28-30,34H,20-23H2,1-5H3/t28-,29+,30?/m0/s1. The molecule has 1 heterocycles. The van der Waals surface area contributed by atoms with Gasteiger partial charge in [-0.15, -0.1) is 0 Å². The van der Waals surface area contributed by atoms with Crippen LogP contribution in [0.5, 0.6) is 0 Å². The Balaban J connectivity index is 1.52. The van der Waals surface area contributed by atoms with Gasteiger partial charge >= 0.3 is 6.09 Å². The minimum atomic E-state index is -2.06. The zero-order chi connectivity index (χ0) is 27.3. The molecule has 1 aliphatic rings. The van der Waals surface area contributed by atoms with Gasteiger partial charge in [0, 0.05) is 12.5 Å². The first-order chi connectivity index (χ1) is 18.1. The van der Waals surface area contributed by atoms with Crippen molar-refractivity contribution in [3.05, 3.63) is 96.1 Å². The van der Waals surface area contributed by atoms with Gasteiger partial charge in [0.15, 0.2) is 8.32 Å². The van der Waals surface area contributed by atoms with E-state index in [4.69, 9.17) is 9.16 Å². The Bertz CT molecular complexity index is 1180. The molecule has 1 N–H and O–H groups in total. The molecule has 3 aromatic rings. The number of amides is 1. The molecular weight excluding hydrogens is 490 g/mol. The minimum Gasteiger partial charge on any atom is -0.445 e. The van der Waals surface area contributed by atoms with Crippen LogP contribution in [0.15, 0.2) is 84.9 Å². The molecule has 0 saturated carbocycles. The van der Waals surface area contributed by atoms with Gasteiger partial charge in [0.05, 0.1) is 18.8 Å². The molecule has 0 spiro atoms. The van der Waals surface area contributed by atoms with Gasteiger partial charge in [-0.25, -0.2) is 4.79 Å². The molecule has 0 bridgehead atoms. The normalized spacial score (nSPS) is 18.8. The SMILES string of the molecule is CC(C)(C)[Si](C)(C)OC[C@@H]1[C@@H](C(O)c2ccc(-c3ccccc3)cc2)CCN1C(=O)OCc1ccccc1. The van der Waals surface area contributed by atoms with E-state index in [0.717, 1.165) is 22.3 Å². The molecule has 0 aliphatic carbocycles. The summed E-state index contributed by atoms with van der Waals surface area (Å²) in [6.45, 7) is 12.2. The fourth-order valence-corrected chi connectivity index (χ4v) is 5.77. The third-order valence-electron chi connectivity index (χ3n) is 8.22. The van der Waals surface area contributed by atoms with Gasteiger partial charge in [-0.05, 0) is 46.8 Å². The molecule has 3 atom stereocenters. The molecule has 38 heavy (non-hydrogen) atoms. The van der Waals surface area contributed by atoms with Crippen molar-refractivity contribution in [2.24, 2.45) is 5.92 Å². The summed E-state index contributed by atoms with van der Waals surface area (Å²) < 4.78 is 12.3. The highest BCUT2D eigenvalue weighted by Crippen LogP contribution is 2.40. The third-order valence-corrected chi connectivity index (χ3v) is 12.7. The van der Waals surface area contributed by atoms with Crippen molar-refractivity contribution in [3.63, 3.8) is 0 Å². The van der Waals surface area contributed by atoms with Gasteiger partial charge in [0.1, 0.15) is 6.61 Å². The summed E-state index contributed by atoms with van der Waals surface area (Å²) in [6, 6.07) is 27.7. The predicted molar refractivity (Wildman–Crippen MR) is 155 cm³/mol. The van der Waals surface area contributed by atoms with Crippen LogP contribution >= 0.6 is 0 Å². The first kappa shape index (κ1) is 28.1. The Morgan fingerprint density at radius 2 is 1.53 bits per heavy atom.